The van der Waals surface area contributed by atoms with Gasteiger partial charge in [-0.1, -0.05) is 43.6 Å². The van der Waals surface area contributed by atoms with Crippen LogP contribution < -0.4 is 25.0 Å². The number of rotatable bonds is 10. The maximum Gasteiger partial charge on any atom is 0.243 e. The summed E-state index contributed by atoms with van der Waals surface area (Å²) in [6.07, 6.45) is 4.99. The first-order valence-electron chi connectivity index (χ1n) is 15.6. The number of methoxy groups -OCH3 is 2. The van der Waals surface area contributed by atoms with Gasteiger partial charge in [-0.2, -0.15) is 4.98 Å². The molecule has 1 fully saturated rings. The summed E-state index contributed by atoms with van der Waals surface area (Å²) in [6.45, 7) is 11.9. The van der Waals surface area contributed by atoms with E-state index in [0.29, 0.717) is 56.5 Å². The number of amides is 1. The normalized spacial score (nSPS) is 13.7. The molecule has 0 spiro atoms. The molecule has 3 aromatic heterocycles. The van der Waals surface area contributed by atoms with Crippen LogP contribution in [0.2, 0.25) is 10.0 Å². The van der Waals surface area contributed by atoms with E-state index >= 15 is 0 Å². The van der Waals surface area contributed by atoms with E-state index in [1.165, 1.54) is 6.08 Å². The van der Waals surface area contributed by atoms with Crippen molar-refractivity contribution in [1.29, 1.82) is 0 Å². The number of pyridine rings is 1. The minimum Gasteiger partial charge on any atom is -0.495 e. The third kappa shape index (κ3) is 6.45. The Morgan fingerprint density at radius 1 is 1.02 bits per heavy atom. The van der Waals surface area contributed by atoms with E-state index in [1.807, 2.05) is 22.7 Å². The number of anilines is 3. The van der Waals surface area contributed by atoms with E-state index in [2.05, 4.69) is 65.0 Å². The number of carbonyl (C=O) groups excluding carboxylic acids is 1. The molecular formula is C35H38Cl2N8O3. The number of piperazine rings is 1. The molecule has 1 aliphatic heterocycles. The first-order chi connectivity index (χ1) is 23.1. The number of imidazole rings is 1. The number of likely N-dealkylation sites (N-methyl/N-ethyl adjacent to an activating group) is 1. The number of nitrogens with zero attached hydrogens (tertiary/aromatic N) is 6. The number of ether oxygens (including phenoxy) is 2. The van der Waals surface area contributed by atoms with E-state index < -0.39 is 0 Å². The predicted molar refractivity (Wildman–Crippen MR) is 192 cm³/mol. The molecule has 4 heterocycles. The summed E-state index contributed by atoms with van der Waals surface area (Å²) in [6, 6.07) is 9.78. The number of halogens is 2. The van der Waals surface area contributed by atoms with Crippen molar-refractivity contribution in [1.82, 2.24) is 29.6 Å². The molecule has 1 amide bonds. The van der Waals surface area contributed by atoms with Crippen LogP contribution in [0.3, 0.4) is 0 Å². The largest absolute Gasteiger partial charge is 0.495 e. The van der Waals surface area contributed by atoms with E-state index in [4.69, 9.17) is 42.6 Å². The monoisotopic (exact) mass is 688 g/mol. The smallest absolute Gasteiger partial charge is 0.243 e. The summed E-state index contributed by atoms with van der Waals surface area (Å²) in [5.74, 6) is 1.14. The second-order valence-electron chi connectivity index (χ2n) is 12.0. The highest BCUT2D eigenvalue weighted by Gasteiger charge is 2.24. The molecule has 6 rings (SSSR count). The molecule has 1 aliphatic rings. The summed E-state index contributed by atoms with van der Waals surface area (Å²) in [7, 11) is 5.22. The molecule has 11 nitrogen and oxygen atoms in total. The minimum absolute atomic E-state index is 0.144. The number of nitrogens with one attached hydrogen (secondary N) is 2. The van der Waals surface area contributed by atoms with Crippen LogP contribution in [0.5, 0.6) is 11.5 Å². The predicted octanol–water partition coefficient (Wildman–Crippen LogP) is 6.69. The Morgan fingerprint density at radius 3 is 2.38 bits per heavy atom. The van der Waals surface area contributed by atoms with Crippen molar-refractivity contribution in [2.75, 3.05) is 57.7 Å². The lowest BCUT2D eigenvalue weighted by Crippen LogP contribution is -2.44. The highest BCUT2D eigenvalue weighted by Crippen LogP contribution is 2.47. The van der Waals surface area contributed by atoms with Gasteiger partial charge >= 0.3 is 0 Å². The number of fused-ring (bicyclic) bond motifs is 3. The van der Waals surface area contributed by atoms with Gasteiger partial charge in [0.05, 0.1) is 30.0 Å². The van der Waals surface area contributed by atoms with Crippen LogP contribution in [0.4, 0.5) is 17.3 Å². The number of aromatic nitrogens is 4. The fraction of sp³-hybridized carbons (Fsp3) is 0.314. The standard InChI is InChI=1S/C35H38Cl2N8O3/c1-7-29(46)38-17-21-14-23(44-12-10-43(4)11-13-44)8-9-25(21)41-35-39-18-22-15-24(30-31(36)27(47-5)16-28(48-6)32(30)37)34-40-26(20(2)3)19-45(34)33(22)42-35/h7-9,14-16,18-20H,1,10-13,17H2,2-6H3,(H,38,46)(H,39,41,42). The Bertz CT molecular complexity index is 1990. The Morgan fingerprint density at radius 2 is 1.73 bits per heavy atom. The number of benzene rings is 2. The molecule has 0 bridgehead atoms. The lowest BCUT2D eigenvalue weighted by atomic mass is 10.0. The van der Waals surface area contributed by atoms with Crippen molar-refractivity contribution in [3.8, 4) is 22.6 Å². The molecular weight excluding hydrogens is 651 g/mol. The molecule has 0 radical (unpaired) electrons. The van der Waals surface area contributed by atoms with Gasteiger partial charge in [-0.3, -0.25) is 9.20 Å². The van der Waals surface area contributed by atoms with Crippen molar-refractivity contribution < 1.29 is 14.3 Å². The van der Waals surface area contributed by atoms with Gasteiger partial charge in [0, 0.05) is 79.1 Å². The summed E-state index contributed by atoms with van der Waals surface area (Å²) in [5, 5.41) is 7.73. The van der Waals surface area contributed by atoms with Gasteiger partial charge < -0.3 is 29.9 Å². The SMILES string of the molecule is C=CC(=O)NCc1cc(N2CCN(C)CC2)ccc1Nc1ncc2cc(-c3c(Cl)c(OC)cc(OC)c3Cl)c3nc(C(C)C)cn3c2n1. The molecule has 250 valence electrons. The van der Waals surface area contributed by atoms with Crippen LogP contribution in [0.1, 0.15) is 31.0 Å². The van der Waals surface area contributed by atoms with Crippen LogP contribution in [0.25, 0.3) is 27.8 Å². The van der Waals surface area contributed by atoms with Crippen molar-refractivity contribution in [2.24, 2.45) is 0 Å². The van der Waals surface area contributed by atoms with Crippen LogP contribution in [-0.4, -0.2) is 77.6 Å². The zero-order chi connectivity index (χ0) is 34.1. The van der Waals surface area contributed by atoms with Gasteiger partial charge in [-0.05, 0) is 48.9 Å². The molecule has 1 saturated heterocycles. The van der Waals surface area contributed by atoms with Gasteiger partial charge in [-0.15, -0.1) is 0 Å². The summed E-state index contributed by atoms with van der Waals surface area (Å²) < 4.78 is 13.0. The molecule has 0 unspecified atom stereocenters. The van der Waals surface area contributed by atoms with E-state index in [9.17, 15) is 4.79 Å². The molecule has 2 aromatic carbocycles. The molecule has 0 aliphatic carbocycles. The Hall–Kier alpha value is -4.58. The summed E-state index contributed by atoms with van der Waals surface area (Å²) >= 11 is 13.7. The number of hydrogen-bond donors (Lipinski definition) is 2. The highest BCUT2D eigenvalue weighted by atomic mass is 35.5. The molecule has 0 saturated carbocycles. The Kier molecular flexibility index (Phi) is 9.63. The highest BCUT2D eigenvalue weighted by molar-refractivity contribution is 6.41. The van der Waals surface area contributed by atoms with Crippen LogP contribution in [0.15, 0.2) is 55.4 Å². The van der Waals surface area contributed by atoms with Gasteiger partial charge in [0.1, 0.15) is 17.1 Å². The lowest BCUT2D eigenvalue weighted by molar-refractivity contribution is -0.116. The van der Waals surface area contributed by atoms with E-state index in [1.54, 1.807) is 26.5 Å². The van der Waals surface area contributed by atoms with Gasteiger partial charge in [0.25, 0.3) is 0 Å². The Balaban J connectivity index is 1.45. The molecule has 0 atom stereocenters. The number of carbonyl (C=O) groups is 1. The average Bonchev–Trinajstić information content (AvgIpc) is 3.55. The maximum atomic E-state index is 12.1. The quantitative estimate of drug-likeness (QED) is 0.155. The Labute approximate surface area is 289 Å². The summed E-state index contributed by atoms with van der Waals surface area (Å²) in [5.41, 5.74) is 6.13. The van der Waals surface area contributed by atoms with E-state index in [-0.39, 0.29) is 11.8 Å². The second-order valence-corrected chi connectivity index (χ2v) is 12.8. The van der Waals surface area contributed by atoms with Crippen molar-refractivity contribution in [3.05, 3.63) is 76.7 Å². The van der Waals surface area contributed by atoms with Gasteiger partial charge in [0.2, 0.25) is 11.9 Å². The molecule has 2 N–H and O–H groups in total. The second kappa shape index (κ2) is 13.9. The first kappa shape index (κ1) is 33.3. The minimum atomic E-state index is -0.249. The number of hydrogen-bond acceptors (Lipinski definition) is 9. The fourth-order valence-electron chi connectivity index (χ4n) is 5.78. The molecule has 13 heteroatoms. The third-order valence-electron chi connectivity index (χ3n) is 8.57. The van der Waals surface area contributed by atoms with Crippen molar-refractivity contribution in [3.63, 3.8) is 0 Å². The zero-order valence-corrected chi connectivity index (χ0v) is 29.1. The first-order valence-corrected chi connectivity index (χ1v) is 16.4. The van der Waals surface area contributed by atoms with E-state index in [0.717, 1.165) is 54.2 Å². The summed E-state index contributed by atoms with van der Waals surface area (Å²) in [4.78, 5) is 31.4. The maximum absolute atomic E-state index is 12.1. The van der Waals surface area contributed by atoms with Crippen LogP contribution in [-0.2, 0) is 11.3 Å². The van der Waals surface area contributed by atoms with Crippen LogP contribution in [0, 0.1) is 0 Å². The van der Waals surface area contributed by atoms with Gasteiger partial charge in [-0.25, -0.2) is 9.97 Å². The average molecular weight is 690 g/mol. The van der Waals surface area contributed by atoms with Crippen LogP contribution >= 0.6 is 23.2 Å². The van der Waals surface area contributed by atoms with Gasteiger partial charge in [0.15, 0.2) is 5.65 Å². The molecule has 5 aromatic rings. The van der Waals surface area contributed by atoms with Crippen molar-refractivity contribution >= 4 is 63.1 Å². The zero-order valence-electron chi connectivity index (χ0n) is 27.6. The topological polar surface area (TPSA) is 109 Å². The third-order valence-corrected chi connectivity index (χ3v) is 9.32. The fourth-order valence-corrected chi connectivity index (χ4v) is 6.48. The van der Waals surface area contributed by atoms with Crippen molar-refractivity contribution in [2.45, 2.75) is 26.3 Å². The lowest BCUT2D eigenvalue weighted by Gasteiger charge is -2.34. The molecule has 48 heavy (non-hydrogen) atoms.